The quantitative estimate of drug-likeness (QED) is 0.678. The molecule has 3 nitrogen and oxygen atoms in total. The highest BCUT2D eigenvalue weighted by Gasteiger charge is 2.09. The van der Waals surface area contributed by atoms with Crippen LogP contribution in [-0.2, 0) is 4.79 Å². The third-order valence-corrected chi connectivity index (χ3v) is 3.37. The lowest BCUT2D eigenvalue weighted by atomic mass is 10.4. The van der Waals surface area contributed by atoms with Gasteiger partial charge in [0.2, 0.25) is 5.91 Å². The normalized spacial score (nSPS) is 11.9. The second-order valence-corrected chi connectivity index (χ2v) is 4.68. The Labute approximate surface area is 90.5 Å². The Kier molecular flexibility index (Phi) is 7.31. The second kappa shape index (κ2) is 7.69. The fourth-order valence-corrected chi connectivity index (χ4v) is 1.67. The zero-order valence-corrected chi connectivity index (χ0v) is 9.93. The fraction of sp³-hybridized carbons (Fsp3) is 0.800. The van der Waals surface area contributed by atoms with Gasteiger partial charge in [0.1, 0.15) is 0 Å². The number of carbonyl (C=O) groups is 1. The first-order valence-corrected chi connectivity index (χ1v) is 5.89. The maximum Gasteiger partial charge on any atom is 0.232 e. The van der Waals surface area contributed by atoms with E-state index in [1.807, 2.05) is 6.07 Å². The summed E-state index contributed by atoms with van der Waals surface area (Å²) < 4.78 is 0. The average Bonchev–Trinajstić information content (AvgIpc) is 2.21. The minimum Gasteiger partial charge on any atom is -0.344 e. The third kappa shape index (κ3) is 5.87. The molecule has 0 N–H and O–H groups in total. The Balaban J connectivity index is 3.68. The van der Waals surface area contributed by atoms with Gasteiger partial charge < -0.3 is 4.90 Å². The standard InChI is InChI=1S/C10H18N2OS/c1-4-9(2)14-8-10(13)12(3)7-5-6-11/h9H,4-5,7-8H2,1-3H3. The molecule has 0 saturated heterocycles. The number of thioether (sulfide) groups is 1. The first-order valence-electron chi connectivity index (χ1n) is 4.84. The highest BCUT2D eigenvalue weighted by Crippen LogP contribution is 2.13. The van der Waals surface area contributed by atoms with Gasteiger partial charge in [0, 0.05) is 18.8 Å². The highest BCUT2D eigenvalue weighted by atomic mass is 32.2. The number of nitriles is 1. The minimum atomic E-state index is 0.116. The van der Waals surface area contributed by atoms with Crippen molar-refractivity contribution in [2.75, 3.05) is 19.3 Å². The molecule has 0 radical (unpaired) electrons. The molecule has 0 aromatic rings. The van der Waals surface area contributed by atoms with Crippen molar-refractivity contribution in [1.29, 1.82) is 5.26 Å². The van der Waals surface area contributed by atoms with E-state index in [-0.39, 0.29) is 5.91 Å². The van der Waals surface area contributed by atoms with Crippen LogP contribution in [0.4, 0.5) is 0 Å². The van der Waals surface area contributed by atoms with Gasteiger partial charge >= 0.3 is 0 Å². The highest BCUT2D eigenvalue weighted by molar-refractivity contribution is 8.00. The van der Waals surface area contributed by atoms with Crippen molar-refractivity contribution in [3.63, 3.8) is 0 Å². The summed E-state index contributed by atoms with van der Waals surface area (Å²) in [5.41, 5.74) is 0. The molecule has 0 bridgehead atoms. The van der Waals surface area contributed by atoms with Crippen LogP contribution in [0, 0.1) is 11.3 Å². The number of carbonyl (C=O) groups excluding carboxylic acids is 1. The summed E-state index contributed by atoms with van der Waals surface area (Å²) in [7, 11) is 1.75. The number of amides is 1. The van der Waals surface area contributed by atoms with Crippen LogP contribution in [0.3, 0.4) is 0 Å². The predicted molar refractivity (Wildman–Crippen MR) is 60.1 cm³/mol. The van der Waals surface area contributed by atoms with Crippen LogP contribution in [0.2, 0.25) is 0 Å². The molecule has 0 heterocycles. The van der Waals surface area contributed by atoms with Crippen LogP contribution < -0.4 is 0 Å². The summed E-state index contributed by atoms with van der Waals surface area (Å²) in [6.07, 6.45) is 1.50. The lowest BCUT2D eigenvalue weighted by Crippen LogP contribution is -2.29. The molecule has 4 heteroatoms. The zero-order chi connectivity index (χ0) is 11.0. The molecule has 1 unspecified atom stereocenters. The Morgan fingerprint density at radius 1 is 1.64 bits per heavy atom. The van der Waals surface area contributed by atoms with Gasteiger partial charge in [-0.05, 0) is 6.42 Å². The van der Waals surface area contributed by atoms with E-state index in [0.29, 0.717) is 24.0 Å². The molecule has 1 amide bonds. The van der Waals surface area contributed by atoms with E-state index in [2.05, 4.69) is 13.8 Å². The van der Waals surface area contributed by atoms with E-state index in [1.54, 1.807) is 23.7 Å². The maximum atomic E-state index is 11.5. The maximum absolute atomic E-state index is 11.5. The van der Waals surface area contributed by atoms with Crippen LogP contribution >= 0.6 is 11.8 Å². The number of nitrogens with zero attached hydrogens (tertiary/aromatic N) is 2. The van der Waals surface area contributed by atoms with Gasteiger partial charge in [-0.3, -0.25) is 4.79 Å². The van der Waals surface area contributed by atoms with E-state index in [1.165, 1.54) is 0 Å². The van der Waals surface area contributed by atoms with Crippen molar-refractivity contribution in [3.05, 3.63) is 0 Å². The Morgan fingerprint density at radius 2 is 2.29 bits per heavy atom. The number of rotatable bonds is 6. The molecule has 0 aliphatic heterocycles. The van der Waals surface area contributed by atoms with Gasteiger partial charge in [-0.2, -0.15) is 5.26 Å². The summed E-state index contributed by atoms with van der Waals surface area (Å²) in [6.45, 7) is 4.77. The molecule has 0 spiro atoms. The summed E-state index contributed by atoms with van der Waals surface area (Å²) in [4.78, 5) is 13.1. The van der Waals surface area contributed by atoms with E-state index < -0.39 is 0 Å². The summed E-state index contributed by atoms with van der Waals surface area (Å²) in [5, 5.41) is 8.89. The fourth-order valence-electron chi connectivity index (χ4n) is 0.784. The molecule has 0 fully saturated rings. The van der Waals surface area contributed by atoms with Crippen LogP contribution in [-0.4, -0.2) is 35.4 Å². The molecule has 80 valence electrons. The van der Waals surface area contributed by atoms with Gasteiger partial charge in [-0.15, -0.1) is 11.8 Å². The summed E-state index contributed by atoms with van der Waals surface area (Å²) >= 11 is 1.67. The largest absolute Gasteiger partial charge is 0.344 e. The SMILES string of the molecule is CCC(C)SCC(=O)N(C)CCC#N. The van der Waals surface area contributed by atoms with Gasteiger partial charge in [-0.25, -0.2) is 0 Å². The van der Waals surface area contributed by atoms with E-state index in [4.69, 9.17) is 5.26 Å². The summed E-state index contributed by atoms with van der Waals surface area (Å²) in [5.74, 6) is 0.641. The second-order valence-electron chi connectivity index (χ2n) is 3.25. The Bertz CT molecular complexity index is 213. The van der Waals surface area contributed by atoms with Crippen molar-refractivity contribution < 1.29 is 4.79 Å². The van der Waals surface area contributed by atoms with Crippen molar-refractivity contribution in [2.45, 2.75) is 31.9 Å². The molecular weight excluding hydrogens is 196 g/mol. The molecule has 1 atom stereocenters. The van der Waals surface area contributed by atoms with E-state index in [0.717, 1.165) is 6.42 Å². The molecule has 0 aliphatic carbocycles. The molecule has 0 aliphatic rings. The first-order chi connectivity index (χ1) is 6.61. The first kappa shape index (κ1) is 13.3. The molecule has 0 rings (SSSR count). The van der Waals surface area contributed by atoms with Crippen molar-refractivity contribution in [2.24, 2.45) is 0 Å². The molecule has 0 aromatic heterocycles. The topological polar surface area (TPSA) is 44.1 Å². The van der Waals surface area contributed by atoms with Gasteiger partial charge in [-0.1, -0.05) is 13.8 Å². The van der Waals surface area contributed by atoms with Crippen LogP contribution in [0.5, 0.6) is 0 Å². The van der Waals surface area contributed by atoms with Gasteiger partial charge in [0.15, 0.2) is 0 Å². The zero-order valence-electron chi connectivity index (χ0n) is 9.12. The van der Waals surface area contributed by atoms with E-state index >= 15 is 0 Å². The van der Waals surface area contributed by atoms with E-state index in [9.17, 15) is 4.79 Å². The van der Waals surface area contributed by atoms with Crippen molar-refractivity contribution in [3.8, 4) is 6.07 Å². The van der Waals surface area contributed by atoms with Crippen molar-refractivity contribution >= 4 is 17.7 Å². The summed E-state index contributed by atoms with van der Waals surface area (Å²) in [6, 6.07) is 2.03. The number of hydrogen-bond acceptors (Lipinski definition) is 3. The molecule has 14 heavy (non-hydrogen) atoms. The van der Waals surface area contributed by atoms with Crippen LogP contribution in [0.15, 0.2) is 0 Å². The van der Waals surface area contributed by atoms with Crippen molar-refractivity contribution in [1.82, 2.24) is 4.90 Å². The Hall–Kier alpha value is -0.690. The number of hydrogen-bond donors (Lipinski definition) is 0. The lowest BCUT2D eigenvalue weighted by Gasteiger charge is -2.16. The molecule has 0 saturated carbocycles. The average molecular weight is 214 g/mol. The smallest absolute Gasteiger partial charge is 0.232 e. The minimum absolute atomic E-state index is 0.116. The van der Waals surface area contributed by atoms with Gasteiger partial charge in [0.25, 0.3) is 0 Å². The van der Waals surface area contributed by atoms with Crippen LogP contribution in [0.25, 0.3) is 0 Å². The predicted octanol–water partition coefficient (Wildman–Crippen LogP) is 1.89. The Morgan fingerprint density at radius 3 is 2.79 bits per heavy atom. The monoisotopic (exact) mass is 214 g/mol. The van der Waals surface area contributed by atoms with Gasteiger partial charge in [0.05, 0.1) is 18.2 Å². The lowest BCUT2D eigenvalue weighted by molar-refractivity contribution is -0.127. The molecule has 0 aromatic carbocycles. The third-order valence-electron chi connectivity index (χ3n) is 2.05. The molecular formula is C10H18N2OS. The van der Waals surface area contributed by atoms with Crippen LogP contribution in [0.1, 0.15) is 26.7 Å².